The molecule has 25 heavy (non-hydrogen) atoms. The van der Waals surface area contributed by atoms with Gasteiger partial charge in [0, 0.05) is 15.0 Å². The molecule has 0 saturated carbocycles. The Hall–Kier alpha value is -2.18. The van der Waals surface area contributed by atoms with E-state index in [0.717, 1.165) is 9.35 Å². The summed E-state index contributed by atoms with van der Waals surface area (Å²) >= 11 is 4.93. The van der Waals surface area contributed by atoms with E-state index in [-0.39, 0.29) is 18.3 Å². The minimum absolute atomic E-state index is 0.0929. The highest BCUT2D eigenvalue weighted by atomic mass is 79.9. The van der Waals surface area contributed by atoms with Gasteiger partial charge in [-0.15, -0.1) is 11.3 Å². The maximum absolute atomic E-state index is 13.2. The third-order valence-electron chi connectivity index (χ3n) is 3.51. The van der Waals surface area contributed by atoms with Crippen molar-refractivity contribution in [2.75, 3.05) is 11.5 Å². The summed E-state index contributed by atoms with van der Waals surface area (Å²) in [6, 6.07) is 17.1. The Labute approximate surface area is 157 Å². The lowest BCUT2D eigenvalue weighted by atomic mass is 10.2. The molecule has 3 nitrogen and oxygen atoms in total. The Kier molecular flexibility index (Phi) is 5.83. The summed E-state index contributed by atoms with van der Waals surface area (Å²) < 4.78 is 19.7. The molecule has 128 valence electrons. The van der Waals surface area contributed by atoms with Crippen molar-refractivity contribution < 1.29 is 13.9 Å². The van der Waals surface area contributed by atoms with Crippen LogP contribution in [0, 0.1) is 5.82 Å². The molecular formula is C19H15BrFNO2S. The lowest BCUT2D eigenvalue weighted by Crippen LogP contribution is -2.34. The average molecular weight is 420 g/mol. The zero-order chi connectivity index (χ0) is 17.6. The highest BCUT2D eigenvalue weighted by Gasteiger charge is 2.17. The van der Waals surface area contributed by atoms with E-state index in [1.807, 2.05) is 29.6 Å². The number of benzene rings is 2. The summed E-state index contributed by atoms with van der Waals surface area (Å²) in [4.78, 5) is 15.3. The fourth-order valence-corrected chi connectivity index (χ4v) is 3.21. The third-order valence-corrected chi connectivity index (χ3v) is 4.90. The molecule has 0 bridgehead atoms. The van der Waals surface area contributed by atoms with Crippen molar-refractivity contribution in [1.82, 2.24) is 0 Å². The van der Waals surface area contributed by atoms with E-state index in [9.17, 15) is 9.18 Å². The summed E-state index contributed by atoms with van der Waals surface area (Å²) in [5.41, 5.74) is 0.638. The first-order valence-corrected chi connectivity index (χ1v) is 9.26. The molecule has 0 aliphatic carbocycles. The van der Waals surface area contributed by atoms with Gasteiger partial charge in [0.2, 0.25) is 0 Å². The van der Waals surface area contributed by atoms with Crippen LogP contribution in [0.25, 0.3) is 0 Å². The molecule has 0 N–H and O–H groups in total. The van der Waals surface area contributed by atoms with Crippen LogP contribution in [0.1, 0.15) is 4.88 Å². The first-order valence-electron chi connectivity index (χ1n) is 7.58. The smallest absolute Gasteiger partial charge is 0.265 e. The zero-order valence-corrected chi connectivity index (χ0v) is 15.6. The highest BCUT2D eigenvalue weighted by molar-refractivity contribution is 9.10. The molecule has 0 unspecified atom stereocenters. The number of hydrogen-bond acceptors (Lipinski definition) is 3. The van der Waals surface area contributed by atoms with Gasteiger partial charge in [0.05, 0.1) is 6.54 Å². The van der Waals surface area contributed by atoms with Gasteiger partial charge in [-0.25, -0.2) is 4.39 Å². The molecule has 0 fully saturated rings. The van der Waals surface area contributed by atoms with Gasteiger partial charge in [-0.1, -0.05) is 22.0 Å². The summed E-state index contributed by atoms with van der Waals surface area (Å²) in [6.07, 6.45) is 0. The molecule has 0 aliphatic rings. The summed E-state index contributed by atoms with van der Waals surface area (Å²) in [5.74, 6) is 0.0908. The Bertz CT molecular complexity index is 820. The molecule has 1 heterocycles. The SMILES string of the molecule is O=C(COc1ccc(Br)cc1)N(Cc1cccs1)c1ccc(F)cc1. The maximum atomic E-state index is 13.2. The van der Waals surface area contributed by atoms with Crippen LogP contribution < -0.4 is 9.64 Å². The van der Waals surface area contributed by atoms with Gasteiger partial charge in [0.1, 0.15) is 11.6 Å². The van der Waals surface area contributed by atoms with Gasteiger partial charge >= 0.3 is 0 Å². The number of thiophene rings is 1. The van der Waals surface area contributed by atoms with E-state index in [1.165, 1.54) is 12.1 Å². The molecule has 0 radical (unpaired) electrons. The van der Waals surface area contributed by atoms with Crippen LogP contribution in [-0.2, 0) is 11.3 Å². The van der Waals surface area contributed by atoms with Crippen molar-refractivity contribution in [1.29, 1.82) is 0 Å². The van der Waals surface area contributed by atoms with Crippen molar-refractivity contribution in [2.24, 2.45) is 0 Å². The van der Waals surface area contributed by atoms with E-state index in [0.29, 0.717) is 18.0 Å². The van der Waals surface area contributed by atoms with Crippen molar-refractivity contribution in [3.8, 4) is 5.75 Å². The number of hydrogen-bond donors (Lipinski definition) is 0. The molecule has 1 aromatic heterocycles. The highest BCUT2D eigenvalue weighted by Crippen LogP contribution is 2.21. The van der Waals surface area contributed by atoms with Crippen LogP contribution in [0.4, 0.5) is 10.1 Å². The van der Waals surface area contributed by atoms with Gasteiger partial charge in [0.15, 0.2) is 6.61 Å². The largest absolute Gasteiger partial charge is 0.484 e. The zero-order valence-electron chi connectivity index (χ0n) is 13.2. The van der Waals surface area contributed by atoms with Gasteiger partial charge in [0.25, 0.3) is 5.91 Å². The number of halogens is 2. The van der Waals surface area contributed by atoms with Gasteiger partial charge in [-0.05, 0) is 60.0 Å². The number of anilines is 1. The second-order valence-corrected chi connectivity index (χ2v) is 7.23. The monoisotopic (exact) mass is 419 g/mol. The van der Waals surface area contributed by atoms with Crippen LogP contribution in [0.5, 0.6) is 5.75 Å². The molecule has 0 aliphatic heterocycles. The van der Waals surface area contributed by atoms with Crippen molar-refractivity contribution in [3.63, 3.8) is 0 Å². The topological polar surface area (TPSA) is 29.5 Å². The second kappa shape index (κ2) is 8.27. The first kappa shape index (κ1) is 17.6. The summed E-state index contributed by atoms with van der Waals surface area (Å²) in [5, 5.41) is 1.96. The Morgan fingerprint density at radius 1 is 1.08 bits per heavy atom. The van der Waals surface area contributed by atoms with Crippen molar-refractivity contribution in [2.45, 2.75) is 6.54 Å². The predicted octanol–water partition coefficient (Wildman–Crippen LogP) is 5.26. The number of rotatable bonds is 6. The molecule has 2 aromatic carbocycles. The summed E-state index contributed by atoms with van der Waals surface area (Å²) in [6.45, 7) is 0.330. The lowest BCUT2D eigenvalue weighted by Gasteiger charge is -2.22. The molecule has 3 aromatic rings. The van der Waals surface area contributed by atoms with Crippen molar-refractivity contribution >= 4 is 38.9 Å². The van der Waals surface area contributed by atoms with Gasteiger partial charge < -0.3 is 9.64 Å². The number of ether oxygens (including phenoxy) is 1. The van der Waals surface area contributed by atoms with Crippen molar-refractivity contribution in [3.05, 3.63) is 81.2 Å². The average Bonchev–Trinajstić information content (AvgIpc) is 3.13. The number of carbonyl (C=O) groups is 1. The summed E-state index contributed by atoms with van der Waals surface area (Å²) in [7, 11) is 0. The molecule has 6 heteroatoms. The van der Waals surface area contributed by atoms with E-state index in [1.54, 1.807) is 40.5 Å². The molecule has 1 amide bonds. The van der Waals surface area contributed by atoms with Crippen LogP contribution in [0.2, 0.25) is 0 Å². The quantitative estimate of drug-likeness (QED) is 0.545. The van der Waals surface area contributed by atoms with Crippen LogP contribution >= 0.6 is 27.3 Å². The van der Waals surface area contributed by atoms with E-state index < -0.39 is 0 Å². The van der Waals surface area contributed by atoms with E-state index in [4.69, 9.17) is 4.74 Å². The minimum Gasteiger partial charge on any atom is -0.484 e. The van der Waals surface area contributed by atoms with Crippen LogP contribution in [-0.4, -0.2) is 12.5 Å². The Morgan fingerprint density at radius 2 is 1.80 bits per heavy atom. The van der Waals surface area contributed by atoms with Gasteiger partial charge in [-0.2, -0.15) is 0 Å². The van der Waals surface area contributed by atoms with Crippen LogP contribution in [0.3, 0.4) is 0 Å². The normalized spacial score (nSPS) is 10.5. The maximum Gasteiger partial charge on any atom is 0.265 e. The Morgan fingerprint density at radius 3 is 2.44 bits per heavy atom. The second-order valence-electron chi connectivity index (χ2n) is 5.28. The van der Waals surface area contributed by atoms with E-state index >= 15 is 0 Å². The number of nitrogens with zero attached hydrogens (tertiary/aromatic N) is 1. The fourth-order valence-electron chi connectivity index (χ4n) is 2.26. The molecule has 0 atom stereocenters. The first-order chi connectivity index (χ1) is 12.1. The minimum atomic E-state index is -0.335. The van der Waals surface area contributed by atoms with Gasteiger partial charge in [-0.3, -0.25) is 4.79 Å². The number of carbonyl (C=O) groups excluding carboxylic acids is 1. The lowest BCUT2D eigenvalue weighted by molar-refractivity contribution is -0.120. The molecule has 0 spiro atoms. The van der Waals surface area contributed by atoms with Crippen LogP contribution in [0.15, 0.2) is 70.5 Å². The fraction of sp³-hybridized carbons (Fsp3) is 0.105. The third kappa shape index (κ3) is 4.90. The predicted molar refractivity (Wildman–Crippen MR) is 102 cm³/mol. The standard InChI is InChI=1S/C19H15BrFNO2S/c20-14-3-9-17(10-4-14)24-13-19(23)22(12-18-2-1-11-25-18)16-7-5-15(21)6-8-16/h1-11H,12-13H2. The molecule has 0 saturated heterocycles. The molecular weight excluding hydrogens is 405 g/mol. The Balaban J connectivity index is 1.74. The van der Waals surface area contributed by atoms with E-state index in [2.05, 4.69) is 15.9 Å². The number of amides is 1. The molecule has 3 rings (SSSR count).